The minimum atomic E-state index is -0.570. The van der Waals surface area contributed by atoms with Gasteiger partial charge in [0, 0.05) is 6.61 Å². The average molecular weight is 431 g/mol. The van der Waals surface area contributed by atoms with E-state index < -0.39 is 5.60 Å². The van der Waals surface area contributed by atoms with E-state index in [4.69, 9.17) is 4.74 Å². The van der Waals surface area contributed by atoms with Crippen LogP contribution in [0.3, 0.4) is 0 Å². The molecule has 4 aliphatic carbocycles. The summed E-state index contributed by atoms with van der Waals surface area (Å²) in [5.41, 5.74) is -0.0760. The van der Waals surface area contributed by atoms with Gasteiger partial charge in [-0.2, -0.15) is 4.80 Å². The van der Waals surface area contributed by atoms with Crippen molar-refractivity contribution in [2.45, 2.75) is 97.1 Å². The Kier molecular flexibility index (Phi) is 5.91. The fourth-order valence-electron chi connectivity index (χ4n) is 8.66. The lowest BCUT2D eigenvalue weighted by Crippen LogP contribution is -2.52. The van der Waals surface area contributed by atoms with Crippen molar-refractivity contribution in [3.63, 3.8) is 0 Å². The summed E-state index contributed by atoms with van der Waals surface area (Å²) in [5, 5.41) is 23.7. The van der Waals surface area contributed by atoms with Gasteiger partial charge < -0.3 is 9.84 Å². The van der Waals surface area contributed by atoms with Crippen LogP contribution in [0.2, 0.25) is 0 Å². The van der Waals surface area contributed by atoms with Gasteiger partial charge in [0.15, 0.2) is 5.82 Å². The highest BCUT2D eigenvalue weighted by Gasteiger charge is 2.57. The molecule has 6 nitrogen and oxygen atoms in total. The molecule has 0 aromatic carbocycles. The lowest BCUT2D eigenvalue weighted by molar-refractivity contribution is -0.128. The standard InChI is InChI=1S/C25H42N4O2/c1-4-31-16-25(30)13-10-20-18(15-25)5-7-22-21(20)9-12-24(3)19(6-8-23(22)24)11-14-29-27-17(2)26-28-29/h18-23,30H,4-16H2,1-3H3/t18-,19+,20-,21+,22+,23-,24+,25+/m0/s1. The van der Waals surface area contributed by atoms with Crippen LogP contribution in [0.1, 0.15) is 83.9 Å². The Morgan fingerprint density at radius 1 is 1.06 bits per heavy atom. The smallest absolute Gasteiger partial charge is 0.171 e. The molecule has 1 heterocycles. The second-order valence-corrected chi connectivity index (χ2v) is 11.6. The minimum absolute atomic E-state index is 0.494. The van der Waals surface area contributed by atoms with E-state index in [9.17, 15) is 5.11 Å². The molecular weight excluding hydrogens is 388 g/mol. The van der Waals surface area contributed by atoms with Crippen molar-refractivity contribution in [3.05, 3.63) is 5.82 Å². The summed E-state index contributed by atoms with van der Waals surface area (Å²) in [6.45, 7) is 8.69. The van der Waals surface area contributed by atoms with Crippen LogP contribution in [0.25, 0.3) is 0 Å². The summed E-state index contributed by atoms with van der Waals surface area (Å²) in [5.74, 6) is 5.82. The van der Waals surface area contributed by atoms with Gasteiger partial charge in [0.05, 0.1) is 18.8 Å². The Morgan fingerprint density at radius 2 is 1.90 bits per heavy atom. The van der Waals surface area contributed by atoms with Gasteiger partial charge >= 0.3 is 0 Å². The predicted octanol–water partition coefficient (Wildman–Crippen LogP) is 4.41. The molecule has 174 valence electrons. The zero-order valence-electron chi connectivity index (χ0n) is 19.8. The van der Waals surface area contributed by atoms with Gasteiger partial charge in [0.25, 0.3) is 0 Å². The second kappa shape index (κ2) is 8.40. The number of nitrogens with zero attached hydrogens (tertiary/aromatic N) is 4. The normalized spacial score (nSPS) is 44.5. The number of rotatable bonds is 6. The Balaban J connectivity index is 1.23. The molecule has 4 fully saturated rings. The average Bonchev–Trinajstić information content (AvgIpc) is 3.32. The van der Waals surface area contributed by atoms with Gasteiger partial charge in [-0.25, -0.2) is 0 Å². The summed E-state index contributed by atoms with van der Waals surface area (Å²) in [6.07, 6.45) is 12.6. The van der Waals surface area contributed by atoms with Gasteiger partial charge in [-0.3, -0.25) is 0 Å². The fourth-order valence-corrected chi connectivity index (χ4v) is 8.66. The Labute approximate surface area is 187 Å². The van der Waals surface area contributed by atoms with Crippen molar-refractivity contribution in [2.24, 2.45) is 40.9 Å². The number of hydrogen-bond acceptors (Lipinski definition) is 5. The van der Waals surface area contributed by atoms with Crippen molar-refractivity contribution < 1.29 is 9.84 Å². The number of aliphatic hydroxyl groups is 1. The molecule has 0 unspecified atom stereocenters. The van der Waals surface area contributed by atoms with Gasteiger partial charge in [0.1, 0.15) is 0 Å². The number of hydrogen-bond donors (Lipinski definition) is 1. The number of aromatic nitrogens is 4. The molecule has 1 aromatic heterocycles. The quantitative estimate of drug-likeness (QED) is 0.724. The minimum Gasteiger partial charge on any atom is -0.387 e. The first-order valence-corrected chi connectivity index (χ1v) is 13.0. The third kappa shape index (κ3) is 3.96. The van der Waals surface area contributed by atoms with Gasteiger partial charge in [0.2, 0.25) is 0 Å². The molecule has 0 bridgehead atoms. The van der Waals surface area contributed by atoms with Gasteiger partial charge in [-0.1, -0.05) is 6.92 Å². The summed E-state index contributed by atoms with van der Waals surface area (Å²) < 4.78 is 5.64. The molecule has 1 aromatic rings. The molecule has 4 saturated carbocycles. The molecule has 1 N–H and O–H groups in total. The van der Waals surface area contributed by atoms with Crippen molar-refractivity contribution in [1.29, 1.82) is 0 Å². The molecule has 4 aliphatic rings. The monoisotopic (exact) mass is 430 g/mol. The highest BCUT2D eigenvalue weighted by atomic mass is 16.5. The topological polar surface area (TPSA) is 73.1 Å². The third-order valence-corrected chi connectivity index (χ3v) is 10.1. The summed E-state index contributed by atoms with van der Waals surface area (Å²) in [7, 11) is 0. The number of ether oxygens (including phenoxy) is 1. The Morgan fingerprint density at radius 3 is 2.68 bits per heavy atom. The molecule has 0 aliphatic heterocycles. The maximum Gasteiger partial charge on any atom is 0.171 e. The van der Waals surface area contributed by atoms with Crippen molar-refractivity contribution in [1.82, 2.24) is 20.2 Å². The molecule has 0 radical (unpaired) electrons. The predicted molar refractivity (Wildman–Crippen MR) is 119 cm³/mol. The van der Waals surface area contributed by atoms with E-state index in [2.05, 4.69) is 22.3 Å². The van der Waals surface area contributed by atoms with Crippen LogP contribution >= 0.6 is 0 Å². The first kappa shape index (κ1) is 21.8. The van der Waals surface area contributed by atoms with E-state index in [0.29, 0.717) is 24.5 Å². The van der Waals surface area contributed by atoms with Crippen LogP contribution in [0.4, 0.5) is 0 Å². The molecule has 5 rings (SSSR count). The highest BCUT2D eigenvalue weighted by molar-refractivity contribution is 5.07. The first-order chi connectivity index (χ1) is 14.9. The van der Waals surface area contributed by atoms with Gasteiger partial charge in [-0.15, -0.1) is 10.2 Å². The molecule has 0 saturated heterocycles. The van der Waals surface area contributed by atoms with Crippen molar-refractivity contribution in [2.75, 3.05) is 13.2 Å². The summed E-state index contributed by atoms with van der Waals surface area (Å²) >= 11 is 0. The maximum absolute atomic E-state index is 11.1. The van der Waals surface area contributed by atoms with Crippen LogP contribution in [-0.4, -0.2) is 44.1 Å². The van der Waals surface area contributed by atoms with Crippen LogP contribution < -0.4 is 0 Å². The second-order valence-electron chi connectivity index (χ2n) is 11.6. The fraction of sp³-hybridized carbons (Fsp3) is 0.960. The van der Waals surface area contributed by atoms with Gasteiger partial charge in [-0.05, 0) is 124 Å². The maximum atomic E-state index is 11.1. The molecule has 0 amide bonds. The Bertz CT molecular complexity index is 768. The van der Waals surface area contributed by atoms with Crippen LogP contribution in [0.15, 0.2) is 0 Å². The number of aryl methyl sites for hydroxylation is 2. The van der Waals surface area contributed by atoms with Crippen LogP contribution in [-0.2, 0) is 11.3 Å². The molecule has 8 atom stereocenters. The summed E-state index contributed by atoms with van der Waals surface area (Å²) in [4.78, 5) is 1.80. The lowest BCUT2D eigenvalue weighted by atomic mass is 9.49. The van der Waals surface area contributed by atoms with Crippen molar-refractivity contribution in [3.8, 4) is 0 Å². The third-order valence-electron chi connectivity index (χ3n) is 10.1. The first-order valence-electron chi connectivity index (χ1n) is 13.0. The van der Waals surface area contributed by atoms with Crippen molar-refractivity contribution >= 4 is 0 Å². The van der Waals surface area contributed by atoms with E-state index >= 15 is 0 Å². The molecule has 31 heavy (non-hydrogen) atoms. The zero-order chi connectivity index (χ0) is 21.6. The zero-order valence-corrected chi connectivity index (χ0v) is 19.8. The molecule has 6 heteroatoms. The van der Waals surface area contributed by atoms with E-state index in [1.165, 1.54) is 51.4 Å². The molecular formula is C25H42N4O2. The van der Waals surface area contributed by atoms with Crippen LogP contribution in [0.5, 0.6) is 0 Å². The van der Waals surface area contributed by atoms with E-state index in [1.807, 2.05) is 13.8 Å². The summed E-state index contributed by atoms with van der Waals surface area (Å²) in [6, 6.07) is 0. The largest absolute Gasteiger partial charge is 0.387 e. The molecule has 0 spiro atoms. The van der Waals surface area contributed by atoms with Crippen LogP contribution in [0, 0.1) is 47.8 Å². The lowest BCUT2D eigenvalue weighted by Gasteiger charge is -2.57. The highest BCUT2D eigenvalue weighted by Crippen LogP contribution is 2.65. The van der Waals surface area contributed by atoms with E-state index in [1.54, 1.807) is 4.80 Å². The number of fused-ring (bicyclic) bond motifs is 5. The van der Waals surface area contributed by atoms with E-state index in [-0.39, 0.29) is 0 Å². The Hall–Kier alpha value is -1.01. The SMILES string of the molecule is CCOC[C@@]1(O)CC[C@H]2[C@@H](CC[C@@H]3[C@@H]2CC[C@]2(C)[C@@H](CCn4nnc(C)n4)CC[C@@H]32)C1. The van der Waals surface area contributed by atoms with E-state index in [0.717, 1.165) is 54.8 Å². The number of tetrazole rings is 1.